The van der Waals surface area contributed by atoms with Crippen LogP contribution in [0.25, 0.3) is 0 Å². The number of rotatable bonds is 1. The standard InChI is InChI=1S/C11H9F3N2O/c12-11(13,14)9-3-1-2-8(6-9)7-16-5-4-10(17)15-16/h1-3,6-7H,4-5H2. The second-order valence-electron chi connectivity index (χ2n) is 3.66. The third-order valence-electron chi connectivity index (χ3n) is 2.31. The van der Waals surface area contributed by atoms with Crippen molar-refractivity contribution < 1.29 is 23.0 Å². The number of halogens is 3. The van der Waals surface area contributed by atoms with Gasteiger partial charge in [-0.05, 0) is 23.3 Å². The predicted molar refractivity (Wildman–Crippen MR) is 53.8 cm³/mol. The molecule has 0 bridgehead atoms. The summed E-state index contributed by atoms with van der Waals surface area (Å²) in [5.74, 6) is -0.256. The molecule has 1 aliphatic rings. The molecule has 3 nitrogen and oxygen atoms in total. The van der Waals surface area contributed by atoms with E-state index in [0.717, 1.165) is 12.1 Å². The van der Waals surface area contributed by atoms with E-state index in [1.807, 2.05) is 0 Å². The molecule has 0 saturated heterocycles. The average Bonchev–Trinajstić information content (AvgIpc) is 2.63. The van der Waals surface area contributed by atoms with Gasteiger partial charge in [-0.3, -0.25) is 0 Å². The van der Waals surface area contributed by atoms with Crippen LogP contribution < -0.4 is 5.11 Å². The summed E-state index contributed by atoms with van der Waals surface area (Å²) in [4.78, 5) is 0. The molecule has 0 spiro atoms. The SMILES string of the molecule is [O-]C1=N[N+](=Cc2cccc(C(F)(F)F)c2)CC1. The van der Waals surface area contributed by atoms with Gasteiger partial charge in [0.1, 0.15) is 0 Å². The van der Waals surface area contributed by atoms with Crippen molar-refractivity contribution in [2.75, 3.05) is 6.54 Å². The predicted octanol–water partition coefficient (Wildman–Crippen LogP) is 1.21. The van der Waals surface area contributed by atoms with Crippen LogP contribution >= 0.6 is 0 Å². The number of nitrogens with zero attached hydrogens (tertiary/aromatic N) is 2. The first kappa shape index (κ1) is 11.6. The Morgan fingerprint density at radius 2 is 2.12 bits per heavy atom. The zero-order chi connectivity index (χ0) is 12.5. The Hall–Kier alpha value is -1.85. The zero-order valence-corrected chi connectivity index (χ0v) is 8.74. The van der Waals surface area contributed by atoms with E-state index in [2.05, 4.69) is 5.10 Å². The van der Waals surface area contributed by atoms with Gasteiger partial charge in [-0.15, -0.1) is 0 Å². The van der Waals surface area contributed by atoms with Crippen LogP contribution in [-0.4, -0.2) is 23.3 Å². The molecule has 0 aromatic heterocycles. The third kappa shape index (κ3) is 2.83. The molecule has 0 saturated carbocycles. The average molecular weight is 242 g/mol. The Morgan fingerprint density at radius 1 is 1.35 bits per heavy atom. The van der Waals surface area contributed by atoms with E-state index >= 15 is 0 Å². The lowest BCUT2D eigenvalue weighted by Crippen LogP contribution is -2.13. The van der Waals surface area contributed by atoms with E-state index in [1.165, 1.54) is 23.0 Å². The molecule has 6 heteroatoms. The molecular weight excluding hydrogens is 233 g/mol. The molecule has 0 N–H and O–H groups in total. The third-order valence-corrected chi connectivity index (χ3v) is 2.31. The van der Waals surface area contributed by atoms with E-state index in [0.29, 0.717) is 18.5 Å². The van der Waals surface area contributed by atoms with Crippen molar-refractivity contribution >= 4 is 12.1 Å². The largest absolute Gasteiger partial charge is 0.857 e. The first-order chi connectivity index (χ1) is 7.95. The van der Waals surface area contributed by atoms with Crippen molar-refractivity contribution in [1.82, 2.24) is 0 Å². The number of hydrogen-bond donors (Lipinski definition) is 0. The van der Waals surface area contributed by atoms with Crippen LogP contribution in [0, 0.1) is 0 Å². The number of alkyl halides is 3. The lowest BCUT2D eigenvalue weighted by atomic mass is 10.1. The van der Waals surface area contributed by atoms with Gasteiger partial charge in [0.2, 0.25) is 6.21 Å². The molecule has 0 amide bonds. The second-order valence-corrected chi connectivity index (χ2v) is 3.66. The Morgan fingerprint density at radius 3 is 2.71 bits per heavy atom. The molecule has 17 heavy (non-hydrogen) atoms. The summed E-state index contributed by atoms with van der Waals surface area (Å²) in [5, 5.41) is 14.5. The Labute approximate surface area is 95.5 Å². The molecule has 0 radical (unpaired) electrons. The van der Waals surface area contributed by atoms with Crippen molar-refractivity contribution in [2.45, 2.75) is 12.6 Å². The van der Waals surface area contributed by atoms with Crippen LogP contribution in [0.1, 0.15) is 17.5 Å². The van der Waals surface area contributed by atoms with Crippen LogP contribution in [0.3, 0.4) is 0 Å². The molecule has 1 aromatic rings. The smallest absolute Gasteiger partial charge is 0.416 e. The number of hydrazone groups is 1. The maximum Gasteiger partial charge on any atom is 0.416 e. The Balaban J connectivity index is 2.29. The van der Waals surface area contributed by atoms with Crippen molar-refractivity contribution in [2.24, 2.45) is 5.10 Å². The van der Waals surface area contributed by atoms with Gasteiger partial charge in [0.25, 0.3) is 0 Å². The fourth-order valence-corrected chi connectivity index (χ4v) is 1.51. The van der Waals surface area contributed by atoms with Crippen molar-refractivity contribution in [3.8, 4) is 0 Å². The lowest BCUT2D eigenvalue weighted by Gasteiger charge is -2.05. The lowest BCUT2D eigenvalue weighted by molar-refractivity contribution is -0.519. The van der Waals surface area contributed by atoms with Crippen LogP contribution in [0.2, 0.25) is 0 Å². The van der Waals surface area contributed by atoms with Crippen molar-refractivity contribution in [3.63, 3.8) is 0 Å². The summed E-state index contributed by atoms with van der Waals surface area (Å²) < 4.78 is 38.7. The normalized spacial score (nSPS) is 18.5. The van der Waals surface area contributed by atoms with Crippen LogP contribution in [0.4, 0.5) is 13.2 Å². The molecule has 90 valence electrons. The van der Waals surface area contributed by atoms with Crippen molar-refractivity contribution in [1.29, 1.82) is 0 Å². The van der Waals surface area contributed by atoms with E-state index in [1.54, 1.807) is 0 Å². The first-order valence-electron chi connectivity index (χ1n) is 4.98. The highest BCUT2D eigenvalue weighted by molar-refractivity contribution is 5.77. The highest BCUT2D eigenvalue weighted by Gasteiger charge is 2.30. The summed E-state index contributed by atoms with van der Waals surface area (Å²) in [7, 11) is 0. The topological polar surface area (TPSA) is 38.4 Å². The van der Waals surface area contributed by atoms with Gasteiger partial charge in [-0.1, -0.05) is 10.8 Å². The maximum absolute atomic E-state index is 12.4. The highest BCUT2D eigenvalue weighted by Crippen LogP contribution is 2.29. The van der Waals surface area contributed by atoms with E-state index in [-0.39, 0.29) is 5.90 Å². The zero-order valence-electron chi connectivity index (χ0n) is 8.74. The molecule has 0 unspecified atom stereocenters. The van der Waals surface area contributed by atoms with Gasteiger partial charge in [0, 0.05) is 17.9 Å². The molecule has 2 rings (SSSR count). The van der Waals surface area contributed by atoms with Crippen LogP contribution in [0.5, 0.6) is 0 Å². The second kappa shape index (κ2) is 4.20. The summed E-state index contributed by atoms with van der Waals surface area (Å²) >= 11 is 0. The fourth-order valence-electron chi connectivity index (χ4n) is 1.51. The van der Waals surface area contributed by atoms with E-state index in [9.17, 15) is 18.3 Å². The van der Waals surface area contributed by atoms with Gasteiger partial charge >= 0.3 is 6.18 Å². The molecular formula is C11H9F3N2O. The summed E-state index contributed by atoms with van der Waals surface area (Å²) in [6.45, 7) is 0.412. The number of hydrogen-bond acceptors (Lipinski definition) is 2. The molecule has 0 fully saturated rings. The maximum atomic E-state index is 12.4. The van der Waals surface area contributed by atoms with Crippen molar-refractivity contribution in [3.05, 3.63) is 35.4 Å². The minimum absolute atomic E-state index is 0.256. The van der Waals surface area contributed by atoms with Gasteiger partial charge in [0.05, 0.1) is 5.56 Å². The Bertz CT molecular complexity index is 492. The number of benzene rings is 1. The van der Waals surface area contributed by atoms with Gasteiger partial charge in [0.15, 0.2) is 6.54 Å². The minimum atomic E-state index is -4.36. The van der Waals surface area contributed by atoms with Gasteiger partial charge in [-0.2, -0.15) is 13.2 Å². The van der Waals surface area contributed by atoms with E-state index < -0.39 is 11.7 Å². The Kier molecular flexibility index (Phi) is 2.87. The summed E-state index contributed by atoms with van der Waals surface area (Å²) in [6.07, 6.45) is -2.63. The molecule has 0 aliphatic carbocycles. The molecule has 0 atom stereocenters. The van der Waals surface area contributed by atoms with Gasteiger partial charge in [-0.25, -0.2) is 0 Å². The fraction of sp³-hybridized carbons (Fsp3) is 0.273. The highest BCUT2D eigenvalue weighted by atomic mass is 19.4. The molecule has 1 aromatic carbocycles. The van der Waals surface area contributed by atoms with Crippen LogP contribution in [0.15, 0.2) is 29.4 Å². The summed E-state index contributed by atoms with van der Waals surface area (Å²) in [5.41, 5.74) is -0.338. The molecule has 1 heterocycles. The van der Waals surface area contributed by atoms with Crippen LogP contribution in [-0.2, 0) is 6.18 Å². The van der Waals surface area contributed by atoms with Gasteiger partial charge < -0.3 is 5.11 Å². The quantitative estimate of drug-likeness (QED) is 0.682. The monoisotopic (exact) mass is 242 g/mol. The minimum Gasteiger partial charge on any atom is -0.857 e. The summed E-state index contributed by atoms with van der Waals surface area (Å²) in [6, 6.07) is 4.89. The van der Waals surface area contributed by atoms with E-state index in [4.69, 9.17) is 0 Å². The first-order valence-corrected chi connectivity index (χ1v) is 4.98. The molecule has 1 aliphatic heterocycles.